The maximum absolute atomic E-state index is 15.5. The SMILES string of the molecule is CO[C@@H](C)c1ncccc1-c1c2c3cc(ccc3n1C1CN(C3CC3)C1)-c1csc(n1)[C@@H](N1CCOC3(COC3)C1)[C@H](NC(=O)[C@@H]1[C@@H](C)[C@H]1c1ccncn1)C(=O)N1CCC[C@H](N1)C(=O)OCC(C)(C)C2. The number of benzene rings is 1. The molecule has 0 radical (unpaired) electrons. The van der Waals surface area contributed by atoms with Crippen LogP contribution in [0, 0.1) is 17.3 Å². The number of aromatic nitrogens is 5. The summed E-state index contributed by atoms with van der Waals surface area (Å²) >= 11 is 1.50. The average molecular weight is 985 g/mol. The van der Waals surface area contributed by atoms with E-state index in [1.165, 1.54) is 35.5 Å². The van der Waals surface area contributed by atoms with Crippen molar-refractivity contribution < 1.29 is 33.3 Å². The molecule has 7 aliphatic rings. The Morgan fingerprint density at radius 3 is 2.62 bits per heavy atom. The van der Waals surface area contributed by atoms with Gasteiger partial charge in [0.05, 0.1) is 61.7 Å². The van der Waals surface area contributed by atoms with Crippen molar-refractivity contribution in [3.63, 3.8) is 0 Å². The van der Waals surface area contributed by atoms with Gasteiger partial charge in [0.1, 0.15) is 29.0 Å². The number of hydrogen-bond acceptors (Lipinski definition) is 15. The number of methoxy groups -OCH3 is 1. The maximum atomic E-state index is 15.5. The molecule has 2 N–H and O–H groups in total. The molecule has 6 fully saturated rings. The smallest absolute Gasteiger partial charge is 0.324 e. The van der Waals surface area contributed by atoms with Crippen LogP contribution in [0.25, 0.3) is 33.4 Å². The van der Waals surface area contributed by atoms with Crippen molar-refractivity contribution in [1.82, 2.24) is 50.1 Å². The van der Waals surface area contributed by atoms with Crippen LogP contribution in [0.2, 0.25) is 0 Å². The van der Waals surface area contributed by atoms with Crippen LogP contribution in [-0.2, 0) is 39.8 Å². The van der Waals surface area contributed by atoms with E-state index in [1.807, 2.05) is 32.2 Å². The van der Waals surface area contributed by atoms with Crippen molar-refractivity contribution in [3.8, 4) is 22.5 Å². The van der Waals surface area contributed by atoms with Crippen LogP contribution in [0.1, 0.15) is 99.4 Å². The molecule has 374 valence electrons. The number of cyclic esters (lactones) is 1. The maximum Gasteiger partial charge on any atom is 0.324 e. The first kappa shape index (κ1) is 46.8. The number of fused-ring (bicyclic) bond motifs is 6. The highest BCUT2D eigenvalue weighted by atomic mass is 32.1. The molecule has 2 aliphatic carbocycles. The Balaban J connectivity index is 1.01. The van der Waals surface area contributed by atoms with E-state index in [0.29, 0.717) is 69.8 Å². The van der Waals surface area contributed by atoms with Crippen LogP contribution in [0.3, 0.4) is 0 Å². The zero-order valence-electron chi connectivity index (χ0n) is 41.2. The summed E-state index contributed by atoms with van der Waals surface area (Å²) in [5.41, 5.74) is 10.1. The topological polar surface area (TPSA) is 178 Å². The number of thiazole rings is 1. The average Bonchev–Trinajstić information content (AvgIpc) is 4.24. The standard InChI is InChI=1S/C53H64N10O7S/c1-30-42(38-14-16-54-29-56-38)43(30)48(64)58-45-47(60-18-19-70-53(25-60)27-68-28-53)49-57-40(24-71-49)32-10-13-41-36(20-32)37(21-52(3,4)26-69-51(66)39-9-7-17-62(59-39)50(45)65)46(35-8-6-15-55-44(35)31(2)67-5)63(41)34-22-61(23-34)33-11-12-33/h6,8,10,13-16,20,24,29-31,33-34,39,42-43,45,47,59H,7,9,11-12,17-19,21-23,25-28H2,1-5H3,(H,58,64)/t30-,31-,39-,42-,43+,45-,47-/m0/s1. The number of hydrazine groups is 1. The van der Waals surface area contributed by atoms with E-state index in [-0.39, 0.29) is 42.4 Å². The number of hydrogen-bond donors (Lipinski definition) is 2. The lowest BCUT2D eigenvalue weighted by Crippen LogP contribution is -2.67. The molecule has 9 heterocycles. The number of rotatable bonds is 9. The molecule has 5 aliphatic heterocycles. The molecule has 6 bridgehead atoms. The minimum Gasteiger partial charge on any atom is -0.464 e. The number of nitrogens with zero attached hydrogens (tertiary/aromatic N) is 8. The number of carbonyl (C=O) groups is 3. The van der Waals surface area contributed by atoms with E-state index in [0.717, 1.165) is 63.5 Å². The molecule has 18 heteroatoms. The first-order valence-corrected chi connectivity index (χ1v) is 26.4. The molecule has 71 heavy (non-hydrogen) atoms. The van der Waals surface area contributed by atoms with Gasteiger partial charge in [0.2, 0.25) is 5.91 Å². The Hall–Kier alpha value is -5.21. The van der Waals surface area contributed by atoms with E-state index in [4.69, 9.17) is 28.9 Å². The number of likely N-dealkylation sites (tertiary alicyclic amines) is 1. The highest BCUT2D eigenvalue weighted by Gasteiger charge is 2.56. The summed E-state index contributed by atoms with van der Waals surface area (Å²) in [7, 11) is 1.73. The van der Waals surface area contributed by atoms with Gasteiger partial charge in [0, 0.05) is 109 Å². The van der Waals surface area contributed by atoms with Crippen LogP contribution in [0.5, 0.6) is 0 Å². The van der Waals surface area contributed by atoms with Crippen molar-refractivity contribution >= 4 is 40.0 Å². The molecule has 17 nitrogen and oxygen atoms in total. The van der Waals surface area contributed by atoms with Gasteiger partial charge in [0.25, 0.3) is 5.91 Å². The fraction of sp³-hybridized carbons (Fsp3) is 0.566. The highest BCUT2D eigenvalue weighted by molar-refractivity contribution is 7.10. The van der Waals surface area contributed by atoms with Gasteiger partial charge in [0.15, 0.2) is 0 Å². The zero-order valence-corrected chi connectivity index (χ0v) is 42.0. The minimum atomic E-state index is -1.08. The normalized spacial score (nSPS) is 28.4. The number of amides is 2. The third-order valence-corrected chi connectivity index (χ3v) is 17.2. The number of carbonyl (C=O) groups excluding carboxylic acids is 3. The summed E-state index contributed by atoms with van der Waals surface area (Å²) < 4.78 is 26.9. The Morgan fingerprint density at radius 2 is 1.86 bits per heavy atom. The van der Waals surface area contributed by atoms with Gasteiger partial charge in [-0.15, -0.1) is 11.3 Å². The largest absolute Gasteiger partial charge is 0.464 e. The third-order valence-electron chi connectivity index (χ3n) is 16.2. The van der Waals surface area contributed by atoms with Gasteiger partial charge >= 0.3 is 5.97 Å². The van der Waals surface area contributed by atoms with Gasteiger partial charge in [-0.2, -0.15) is 0 Å². The summed E-state index contributed by atoms with van der Waals surface area (Å²) in [6, 6.07) is 11.1. The second kappa shape index (κ2) is 18.4. The van der Waals surface area contributed by atoms with Crippen molar-refractivity contribution in [2.24, 2.45) is 17.3 Å². The number of morpholine rings is 1. The van der Waals surface area contributed by atoms with Gasteiger partial charge in [-0.1, -0.05) is 26.8 Å². The predicted molar refractivity (Wildman–Crippen MR) is 265 cm³/mol. The number of pyridine rings is 1. The van der Waals surface area contributed by atoms with E-state index >= 15 is 4.79 Å². The summed E-state index contributed by atoms with van der Waals surface area (Å²) in [5, 5.41) is 8.73. The zero-order chi connectivity index (χ0) is 48.8. The van der Waals surface area contributed by atoms with Gasteiger partial charge < -0.3 is 28.8 Å². The van der Waals surface area contributed by atoms with Gasteiger partial charge in [-0.25, -0.2) is 20.4 Å². The highest BCUT2D eigenvalue weighted by Crippen LogP contribution is 2.53. The second-order valence-corrected chi connectivity index (χ2v) is 22.8. The number of ether oxygens (including phenoxy) is 4. The minimum absolute atomic E-state index is 0.00385. The molecule has 2 saturated carbocycles. The molecule has 4 aromatic heterocycles. The fourth-order valence-electron chi connectivity index (χ4n) is 12.0. The Morgan fingerprint density at radius 1 is 1.01 bits per heavy atom. The van der Waals surface area contributed by atoms with E-state index in [2.05, 4.69) is 78.6 Å². The lowest BCUT2D eigenvalue weighted by atomic mass is 9.84. The van der Waals surface area contributed by atoms with Crippen molar-refractivity contribution in [1.29, 1.82) is 0 Å². The molecule has 0 unspecified atom stereocenters. The third kappa shape index (κ3) is 8.66. The van der Waals surface area contributed by atoms with E-state index in [1.54, 1.807) is 13.3 Å². The van der Waals surface area contributed by atoms with Crippen LogP contribution < -0.4 is 10.7 Å². The van der Waals surface area contributed by atoms with E-state index < -0.39 is 41.0 Å². The van der Waals surface area contributed by atoms with Crippen molar-refractivity contribution in [3.05, 3.63) is 82.5 Å². The Labute approximate surface area is 418 Å². The summed E-state index contributed by atoms with van der Waals surface area (Å²) in [5.74, 6) is -1.49. The van der Waals surface area contributed by atoms with Crippen LogP contribution in [0.15, 0.2) is 60.5 Å². The number of esters is 1. The predicted octanol–water partition coefficient (Wildman–Crippen LogP) is 5.64. The van der Waals surface area contributed by atoms with Crippen LogP contribution >= 0.6 is 11.3 Å². The molecule has 12 rings (SSSR count). The molecule has 1 spiro atoms. The van der Waals surface area contributed by atoms with Crippen LogP contribution in [0.4, 0.5) is 0 Å². The summed E-state index contributed by atoms with van der Waals surface area (Å²) in [6.45, 7) is 13.1. The number of nitrogens with one attached hydrogen (secondary N) is 2. The molecular formula is C53H64N10O7S. The first-order chi connectivity index (χ1) is 34.4. The monoisotopic (exact) mass is 984 g/mol. The molecule has 4 saturated heterocycles. The summed E-state index contributed by atoms with van der Waals surface area (Å²) in [4.78, 5) is 68.4. The molecule has 1 aromatic carbocycles. The van der Waals surface area contributed by atoms with Crippen molar-refractivity contribution in [2.45, 2.75) is 108 Å². The molecule has 5 aromatic rings. The first-order valence-electron chi connectivity index (χ1n) is 25.5. The van der Waals surface area contributed by atoms with Crippen LogP contribution in [-0.4, -0.2) is 147 Å². The van der Waals surface area contributed by atoms with Crippen molar-refractivity contribution in [2.75, 3.05) is 66.3 Å². The Kier molecular flexibility index (Phi) is 12.1. The quantitative estimate of drug-likeness (QED) is 0.174. The molecule has 2 amide bonds. The van der Waals surface area contributed by atoms with E-state index in [9.17, 15) is 9.59 Å². The van der Waals surface area contributed by atoms with Gasteiger partial charge in [-0.3, -0.25) is 34.2 Å². The van der Waals surface area contributed by atoms with Gasteiger partial charge in [-0.05, 0) is 80.8 Å². The lowest BCUT2D eigenvalue weighted by molar-refractivity contribution is -0.242. The second-order valence-electron chi connectivity index (χ2n) is 21.9. The molecule has 7 atom stereocenters. The fourth-order valence-corrected chi connectivity index (χ4v) is 13.0. The lowest BCUT2D eigenvalue weighted by Gasteiger charge is -2.50. The Bertz CT molecular complexity index is 2840. The molecular weight excluding hydrogens is 921 g/mol. The summed E-state index contributed by atoms with van der Waals surface area (Å²) in [6.07, 6.45) is 8.95.